The summed E-state index contributed by atoms with van der Waals surface area (Å²) in [7, 11) is 0. The van der Waals surface area contributed by atoms with Gasteiger partial charge in [0.15, 0.2) is 23.5 Å². The van der Waals surface area contributed by atoms with Crippen molar-refractivity contribution >= 4 is 11.9 Å². The van der Waals surface area contributed by atoms with Crippen molar-refractivity contribution in [2.75, 3.05) is 0 Å². The first-order valence-electron chi connectivity index (χ1n) is 13.1. The highest BCUT2D eigenvalue weighted by molar-refractivity contribution is 5.88. The lowest BCUT2D eigenvalue weighted by molar-refractivity contribution is -0.213. The lowest BCUT2D eigenvalue weighted by Gasteiger charge is -2.31. The van der Waals surface area contributed by atoms with Crippen LogP contribution in [0, 0.1) is 23.5 Å². The van der Waals surface area contributed by atoms with Crippen LogP contribution in [0.25, 0.3) is 0 Å². The molecule has 0 radical (unpaired) electrons. The van der Waals surface area contributed by atoms with E-state index in [0.29, 0.717) is 48.8 Å². The largest absolute Gasteiger partial charge is 0.479 e. The van der Waals surface area contributed by atoms with Gasteiger partial charge in [0.2, 0.25) is 5.60 Å². The summed E-state index contributed by atoms with van der Waals surface area (Å²) in [5, 5.41) is 20.0. The van der Waals surface area contributed by atoms with Crippen molar-refractivity contribution in [3.05, 3.63) is 70.3 Å². The van der Waals surface area contributed by atoms with Crippen molar-refractivity contribution in [2.24, 2.45) is 0 Å². The molecule has 0 aliphatic carbocycles. The minimum Gasteiger partial charge on any atom is -0.479 e. The Balaban J connectivity index is 1.96. The molecule has 2 N–H and O–H groups in total. The van der Waals surface area contributed by atoms with Crippen LogP contribution in [0.15, 0.2) is 36.4 Å². The van der Waals surface area contributed by atoms with Gasteiger partial charge >= 0.3 is 11.9 Å². The highest BCUT2D eigenvalue weighted by Crippen LogP contribution is 2.48. The van der Waals surface area contributed by atoms with E-state index >= 15 is 0 Å². The van der Waals surface area contributed by atoms with Gasteiger partial charge in [0.1, 0.15) is 0 Å². The van der Waals surface area contributed by atoms with E-state index in [1.807, 2.05) is 20.8 Å². The van der Waals surface area contributed by atoms with Gasteiger partial charge in [0, 0.05) is 17.5 Å². The second-order valence-electron chi connectivity index (χ2n) is 9.57. The Morgan fingerprint density at radius 3 is 2.13 bits per heavy atom. The molecule has 3 rings (SSSR count). The number of benzene rings is 2. The van der Waals surface area contributed by atoms with Crippen molar-refractivity contribution in [3.8, 4) is 11.8 Å². The fourth-order valence-corrected chi connectivity index (χ4v) is 4.68. The van der Waals surface area contributed by atoms with Gasteiger partial charge in [0.25, 0.3) is 0 Å². The Bertz CT molecular complexity index is 1220. The van der Waals surface area contributed by atoms with E-state index in [1.54, 1.807) is 24.3 Å². The third-order valence-corrected chi connectivity index (χ3v) is 6.77. The monoisotopic (exact) mass is 528 g/mol. The van der Waals surface area contributed by atoms with Crippen LogP contribution in [-0.4, -0.2) is 33.9 Å². The van der Waals surface area contributed by atoms with Gasteiger partial charge in [-0.1, -0.05) is 76.5 Å². The average molecular weight is 529 g/mol. The molecular formula is C30H34F2O6. The standard InChI is InChI=1S/C30H34F2O6/c1-4-7-18-29(28(35)36)26(27(33)34)37-30(38-29,19-8-5-2)23-16-11-20(12-17-23)10-13-22-15-14-21(9-6-3)24(31)25(22)32/h11-12,14-17,26H,4-9,18-19H2,1-3H3,(H,33,34)(H,35,36)/t26-,29+,30?/m0/s1. The summed E-state index contributed by atoms with van der Waals surface area (Å²) < 4.78 is 40.9. The van der Waals surface area contributed by atoms with Crippen LogP contribution in [0.3, 0.4) is 0 Å². The number of rotatable bonds is 11. The lowest BCUT2D eigenvalue weighted by atomic mass is 9.90. The number of hydrogen-bond acceptors (Lipinski definition) is 4. The fourth-order valence-electron chi connectivity index (χ4n) is 4.68. The van der Waals surface area contributed by atoms with E-state index in [2.05, 4.69) is 11.8 Å². The number of hydrogen-bond donors (Lipinski definition) is 2. The number of carboxylic acids is 2. The van der Waals surface area contributed by atoms with E-state index in [9.17, 15) is 28.6 Å². The van der Waals surface area contributed by atoms with Gasteiger partial charge in [-0.25, -0.2) is 18.4 Å². The molecule has 204 valence electrons. The van der Waals surface area contributed by atoms with Crippen LogP contribution in [0.4, 0.5) is 8.78 Å². The predicted octanol–water partition coefficient (Wildman–Crippen LogP) is 6.17. The molecule has 6 nitrogen and oxygen atoms in total. The molecule has 2 aromatic rings. The maximum atomic E-state index is 14.4. The SMILES string of the molecule is CCCCC1(c2ccc(C#Cc3ccc(CCC)c(F)c3F)cc2)O[C@@H](C(=O)O)[C@](CCCC)(C(=O)O)O1. The zero-order valence-corrected chi connectivity index (χ0v) is 22.0. The van der Waals surface area contributed by atoms with E-state index in [-0.39, 0.29) is 18.4 Å². The maximum absolute atomic E-state index is 14.4. The summed E-state index contributed by atoms with van der Waals surface area (Å²) in [5.74, 6) is -0.736. The number of aliphatic carboxylic acids is 2. The molecule has 1 aliphatic heterocycles. The highest BCUT2D eigenvalue weighted by atomic mass is 19.2. The number of carbonyl (C=O) groups is 2. The van der Waals surface area contributed by atoms with Crippen LogP contribution in [0.5, 0.6) is 0 Å². The lowest BCUT2D eigenvalue weighted by Crippen LogP contribution is -2.51. The molecule has 0 aromatic heterocycles. The van der Waals surface area contributed by atoms with E-state index in [4.69, 9.17) is 9.47 Å². The quantitative estimate of drug-likeness (QED) is 0.339. The second-order valence-corrected chi connectivity index (χ2v) is 9.57. The van der Waals surface area contributed by atoms with E-state index in [0.717, 1.165) is 6.42 Å². The molecule has 0 amide bonds. The maximum Gasteiger partial charge on any atom is 0.339 e. The summed E-state index contributed by atoms with van der Waals surface area (Å²) in [6.45, 7) is 5.72. The van der Waals surface area contributed by atoms with Crippen LogP contribution in [-0.2, 0) is 31.3 Å². The van der Waals surface area contributed by atoms with Gasteiger partial charge in [0.05, 0.1) is 5.56 Å². The summed E-state index contributed by atoms with van der Waals surface area (Å²) in [6, 6.07) is 9.53. The van der Waals surface area contributed by atoms with Crippen molar-refractivity contribution in [1.82, 2.24) is 0 Å². The van der Waals surface area contributed by atoms with Crippen LogP contribution in [0.1, 0.15) is 88.0 Å². The highest BCUT2D eigenvalue weighted by Gasteiger charge is 2.64. The number of unbranched alkanes of at least 4 members (excludes halogenated alkanes) is 2. The average Bonchev–Trinajstić information content (AvgIpc) is 3.26. The third-order valence-electron chi connectivity index (χ3n) is 6.77. The van der Waals surface area contributed by atoms with Crippen LogP contribution < -0.4 is 0 Å². The molecule has 0 saturated carbocycles. The second kappa shape index (κ2) is 12.5. The Labute approximate surface area is 222 Å². The van der Waals surface area contributed by atoms with Crippen molar-refractivity contribution < 1.29 is 38.1 Å². The molecule has 3 atom stereocenters. The first-order valence-corrected chi connectivity index (χ1v) is 13.1. The summed E-state index contributed by atoms with van der Waals surface area (Å²) >= 11 is 0. The smallest absolute Gasteiger partial charge is 0.339 e. The van der Waals surface area contributed by atoms with Gasteiger partial charge in [-0.3, -0.25) is 0 Å². The Morgan fingerprint density at radius 1 is 0.895 bits per heavy atom. The normalized spacial score (nSPS) is 22.6. The first kappa shape index (κ1) is 29.3. The van der Waals surface area contributed by atoms with E-state index in [1.165, 1.54) is 12.1 Å². The van der Waals surface area contributed by atoms with E-state index < -0.39 is 41.1 Å². The van der Waals surface area contributed by atoms with Gasteiger partial charge in [-0.05, 0) is 43.0 Å². The first-order chi connectivity index (χ1) is 18.1. The molecule has 0 spiro atoms. The number of ether oxygens (including phenoxy) is 2. The number of halogens is 2. The molecule has 1 aliphatic rings. The molecule has 2 aromatic carbocycles. The zero-order chi connectivity index (χ0) is 27.9. The van der Waals surface area contributed by atoms with Gasteiger partial charge in [-0.2, -0.15) is 0 Å². The number of aryl methyl sites for hydroxylation is 1. The Morgan fingerprint density at radius 2 is 1.55 bits per heavy atom. The zero-order valence-electron chi connectivity index (χ0n) is 22.0. The summed E-state index contributed by atoms with van der Waals surface area (Å²) in [6.07, 6.45) is 2.17. The molecule has 1 heterocycles. The number of carboxylic acid groups (broad SMARTS) is 2. The molecular weight excluding hydrogens is 494 g/mol. The molecule has 0 bridgehead atoms. The van der Waals surface area contributed by atoms with Gasteiger partial charge in [-0.15, -0.1) is 0 Å². The molecule has 1 fully saturated rings. The van der Waals surface area contributed by atoms with Crippen LogP contribution >= 0.6 is 0 Å². The van der Waals surface area contributed by atoms with Crippen molar-refractivity contribution in [2.45, 2.75) is 89.6 Å². The molecule has 38 heavy (non-hydrogen) atoms. The molecule has 1 saturated heterocycles. The Kier molecular flexibility index (Phi) is 9.64. The van der Waals surface area contributed by atoms with Crippen molar-refractivity contribution in [3.63, 3.8) is 0 Å². The summed E-state index contributed by atoms with van der Waals surface area (Å²) in [5.41, 5.74) is -0.812. The minimum atomic E-state index is -2.03. The van der Waals surface area contributed by atoms with Crippen molar-refractivity contribution in [1.29, 1.82) is 0 Å². The topological polar surface area (TPSA) is 93.1 Å². The van der Waals surface area contributed by atoms with Gasteiger partial charge < -0.3 is 19.7 Å². The fraction of sp³-hybridized carbons (Fsp3) is 0.467. The Hall–Kier alpha value is -3.28. The third kappa shape index (κ3) is 5.90. The molecule has 8 heteroatoms. The minimum absolute atomic E-state index is 0.00754. The van der Waals surface area contributed by atoms with Crippen LogP contribution in [0.2, 0.25) is 0 Å². The molecule has 1 unspecified atom stereocenters. The predicted molar refractivity (Wildman–Crippen MR) is 137 cm³/mol. The summed E-state index contributed by atoms with van der Waals surface area (Å²) in [4.78, 5) is 24.5.